The number of nitrogens with zero attached hydrogens (tertiary/aromatic N) is 2. The quantitative estimate of drug-likeness (QED) is 0.830. The molecule has 1 aliphatic carbocycles. The van der Waals surface area contributed by atoms with Crippen molar-refractivity contribution in [3.8, 4) is 0 Å². The second-order valence-corrected chi connectivity index (χ2v) is 5.67. The molecule has 0 spiro atoms. The van der Waals surface area contributed by atoms with E-state index in [1.165, 1.54) is 25.7 Å². The lowest BCUT2D eigenvalue weighted by molar-refractivity contribution is 0.0665. The highest BCUT2D eigenvalue weighted by atomic mass is 16.5. The average molecular weight is 267 g/mol. The summed E-state index contributed by atoms with van der Waals surface area (Å²) in [5, 5.41) is 4.01. The Morgan fingerprint density at radius 3 is 2.58 bits per heavy atom. The van der Waals surface area contributed by atoms with Crippen LogP contribution in [0.2, 0.25) is 0 Å². The van der Waals surface area contributed by atoms with E-state index in [2.05, 4.69) is 10.1 Å². The maximum atomic E-state index is 6.01. The predicted molar refractivity (Wildman–Crippen MR) is 72.8 cm³/mol. The van der Waals surface area contributed by atoms with Gasteiger partial charge in [-0.2, -0.15) is 4.98 Å². The maximum absolute atomic E-state index is 6.01. The first-order chi connectivity index (χ1) is 9.16. The molecule has 5 nitrogen and oxygen atoms in total. The number of nitrogens with two attached hydrogens (primary N) is 1. The van der Waals surface area contributed by atoms with Crippen molar-refractivity contribution in [2.45, 2.75) is 70.4 Å². The average Bonchev–Trinajstić information content (AvgIpc) is 2.72. The molecule has 0 aliphatic heterocycles. The van der Waals surface area contributed by atoms with E-state index >= 15 is 0 Å². The zero-order valence-corrected chi connectivity index (χ0v) is 12.0. The molecule has 0 bridgehead atoms. The molecule has 5 heteroatoms. The van der Waals surface area contributed by atoms with Crippen molar-refractivity contribution in [1.82, 2.24) is 10.1 Å². The highest BCUT2D eigenvalue weighted by Crippen LogP contribution is 2.30. The summed E-state index contributed by atoms with van der Waals surface area (Å²) in [6, 6.07) is -0.300. The van der Waals surface area contributed by atoms with Crippen molar-refractivity contribution in [2.75, 3.05) is 6.61 Å². The number of hydrogen-bond donors (Lipinski definition) is 1. The van der Waals surface area contributed by atoms with Gasteiger partial charge in [0, 0.05) is 5.92 Å². The summed E-state index contributed by atoms with van der Waals surface area (Å²) < 4.78 is 10.9. The largest absolute Gasteiger partial charge is 0.377 e. The lowest BCUT2D eigenvalue weighted by Crippen LogP contribution is -2.20. The Labute approximate surface area is 114 Å². The molecule has 1 aromatic rings. The summed E-state index contributed by atoms with van der Waals surface area (Å²) in [6.45, 7) is 4.40. The summed E-state index contributed by atoms with van der Waals surface area (Å²) >= 11 is 0. The number of aromatic nitrogens is 2. The number of ether oxygens (including phenoxy) is 1. The van der Waals surface area contributed by atoms with E-state index in [1.54, 1.807) is 0 Å². The molecule has 1 unspecified atom stereocenters. The van der Waals surface area contributed by atoms with Crippen molar-refractivity contribution in [3.05, 3.63) is 11.7 Å². The molecule has 0 amide bonds. The van der Waals surface area contributed by atoms with Gasteiger partial charge in [0.2, 0.25) is 5.89 Å². The fourth-order valence-electron chi connectivity index (χ4n) is 2.46. The van der Waals surface area contributed by atoms with Crippen LogP contribution in [0.4, 0.5) is 0 Å². The third-order valence-electron chi connectivity index (χ3n) is 3.60. The first kappa shape index (κ1) is 14.5. The van der Waals surface area contributed by atoms with Gasteiger partial charge in [0.1, 0.15) is 0 Å². The van der Waals surface area contributed by atoms with E-state index in [9.17, 15) is 0 Å². The maximum Gasteiger partial charge on any atom is 0.229 e. The molecule has 1 atom stereocenters. The standard InChI is InChI=1S/C14H25N3O2/c1-10(2)18-9-12(15)13-16-14(19-17-13)11-7-5-3-4-6-8-11/h10-12H,3-9,15H2,1-2H3. The van der Waals surface area contributed by atoms with Crippen molar-refractivity contribution >= 4 is 0 Å². The first-order valence-corrected chi connectivity index (χ1v) is 7.37. The van der Waals surface area contributed by atoms with E-state index in [-0.39, 0.29) is 12.1 Å². The summed E-state index contributed by atoms with van der Waals surface area (Å²) in [5.74, 6) is 1.75. The topological polar surface area (TPSA) is 74.2 Å². The number of hydrogen-bond acceptors (Lipinski definition) is 5. The molecule has 19 heavy (non-hydrogen) atoms. The summed E-state index contributed by atoms with van der Waals surface area (Å²) in [5.41, 5.74) is 6.01. The Morgan fingerprint density at radius 2 is 1.95 bits per heavy atom. The molecular weight excluding hydrogens is 242 g/mol. The van der Waals surface area contributed by atoms with Crippen LogP contribution in [0.25, 0.3) is 0 Å². The van der Waals surface area contributed by atoms with Crippen LogP contribution in [0.15, 0.2) is 4.52 Å². The predicted octanol–water partition coefficient (Wildman–Crippen LogP) is 2.93. The summed E-state index contributed by atoms with van der Waals surface area (Å²) in [4.78, 5) is 4.47. The SMILES string of the molecule is CC(C)OCC(N)c1noc(C2CCCCCC2)n1. The van der Waals surface area contributed by atoms with Gasteiger partial charge >= 0.3 is 0 Å². The zero-order chi connectivity index (χ0) is 13.7. The Bertz CT molecular complexity index is 371. The highest BCUT2D eigenvalue weighted by Gasteiger charge is 2.22. The van der Waals surface area contributed by atoms with Gasteiger partial charge in [-0.1, -0.05) is 30.8 Å². The van der Waals surface area contributed by atoms with Gasteiger partial charge in [-0.15, -0.1) is 0 Å². The minimum atomic E-state index is -0.300. The minimum Gasteiger partial charge on any atom is -0.377 e. The highest BCUT2D eigenvalue weighted by molar-refractivity contribution is 4.98. The number of rotatable bonds is 5. The van der Waals surface area contributed by atoms with Crippen molar-refractivity contribution in [2.24, 2.45) is 5.73 Å². The molecule has 2 rings (SSSR count). The van der Waals surface area contributed by atoms with Gasteiger partial charge in [-0.3, -0.25) is 0 Å². The van der Waals surface area contributed by atoms with Gasteiger partial charge in [-0.05, 0) is 26.7 Å². The lowest BCUT2D eigenvalue weighted by Gasteiger charge is -2.11. The van der Waals surface area contributed by atoms with Gasteiger partial charge in [-0.25, -0.2) is 0 Å². The fourth-order valence-corrected chi connectivity index (χ4v) is 2.46. The van der Waals surface area contributed by atoms with Gasteiger partial charge < -0.3 is 15.0 Å². The van der Waals surface area contributed by atoms with Crippen LogP contribution in [0.3, 0.4) is 0 Å². The monoisotopic (exact) mass is 267 g/mol. The third-order valence-corrected chi connectivity index (χ3v) is 3.60. The van der Waals surface area contributed by atoms with E-state index in [1.807, 2.05) is 13.8 Å². The molecule has 1 saturated carbocycles. The van der Waals surface area contributed by atoms with E-state index in [0.29, 0.717) is 18.3 Å². The second kappa shape index (κ2) is 7.01. The molecule has 0 radical (unpaired) electrons. The van der Waals surface area contributed by atoms with Crippen LogP contribution in [-0.4, -0.2) is 22.9 Å². The molecular formula is C14H25N3O2. The van der Waals surface area contributed by atoms with Crippen LogP contribution in [0, 0.1) is 0 Å². The van der Waals surface area contributed by atoms with Crippen molar-refractivity contribution < 1.29 is 9.26 Å². The Balaban J connectivity index is 1.93. The summed E-state index contributed by atoms with van der Waals surface area (Å²) in [6.07, 6.45) is 7.62. The molecule has 2 N–H and O–H groups in total. The van der Waals surface area contributed by atoms with Crippen molar-refractivity contribution in [3.63, 3.8) is 0 Å². The van der Waals surface area contributed by atoms with Crippen LogP contribution in [-0.2, 0) is 4.74 Å². The van der Waals surface area contributed by atoms with Crippen LogP contribution < -0.4 is 5.73 Å². The Kier molecular flexibility index (Phi) is 5.34. The molecule has 108 valence electrons. The molecule has 1 fully saturated rings. The Hall–Kier alpha value is -0.940. The van der Waals surface area contributed by atoms with Crippen LogP contribution in [0.5, 0.6) is 0 Å². The zero-order valence-electron chi connectivity index (χ0n) is 12.0. The van der Waals surface area contributed by atoms with Crippen LogP contribution >= 0.6 is 0 Å². The normalized spacial score (nSPS) is 19.6. The van der Waals surface area contributed by atoms with Crippen LogP contribution in [0.1, 0.15) is 76.0 Å². The third kappa shape index (κ3) is 4.28. The minimum absolute atomic E-state index is 0.166. The van der Waals surface area contributed by atoms with E-state index < -0.39 is 0 Å². The first-order valence-electron chi connectivity index (χ1n) is 7.37. The fraction of sp³-hybridized carbons (Fsp3) is 0.857. The molecule has 1 heterocycles. The molecule has 1 aliphatic rings. The molecule has 1 aromatic heterocycles. The van der Waals surface area contributed by atoms with Gasteiger partial charge in [0.25, 0.3) is 0 Å². The molecule has 0 aromatic carbocycles. The van der Waals surface area contributed by atoms with Crippen molar-refractivity contribution in [1.29, 1.82) is 0 Å². The van der Waals surface area contributed by atoms with E-state index in [0.717, 1.165) is 18.7 Å². The Morgan fingerprint density at radius 1 is 1.26 bits per heavy atom. The van der Waals surface area contributed by atoms with E-state index in [4.69, 9.17) is 15.0 Å². The second-order valence-electron chi connectivity index (χ2n) is 5.67. The lowest BCUT2D eigenvalue weighted by atomic mass is 10.0. The molecule has 0 saturated heterocycles. The summed E-state index contributed by atoms with van der Waals surface area (Å²) in [7, 11) is 0. The van der Waals surface area contributed by atoms with Gasteiger partial charge in [0.05, 0.1) is 18.8 Å². The van der Waals surface area contributed by atoms with Gasteiger partial charge in [0.15, 0.2) is 5.82 Å². The smallest absolute Gasteiger partial charge is 0.229 e.